The summed E-state index contributed by atoms with van der Waals surface area (Å²) in [7, 11) is 0. The molecule has 0 fully saturated rings. The number of anilines is 1. The molecule has 3 rings (SSSR count). The molecule has 23 heavy (non-hydrogen) atoms. The minimum atomic E-state index is -0.229. The van der Waals surface area contributed by atoms with Gasteiger partial charge in [-0.25, -0.2) is 0 Å². The van der Waals surface area contributed by atoms with Crippen LogP contribution in [0.5, 0.6) is 0 Å². The molecule has 1 N–H and O–H groups in total. The van der Waals surface area contributed by atoms with Crippen LogP contribution in [0.3, 0.4) is 0 Å². The first-order chi connectivity index (χ1) is 11.1. The number of benzene rings is 1. The Morgan fingerprint density at radius 1 is 1.17 bits per heavy atom. The Balaban J connectivity index is 1.61. The number of nitrogens with one attached hydrogen (secondary N) is 1. The van der Waals surface area contributed by atoms with Gasteiger partial charge in [0, 0.05) is 23.5 Å². The number of nitrogens with zero attached hydrogens (tertiary/aromatic N) is 4. The van der Waals surface area contributed by atoms with E-state index in [2.05, 4.69) is 15.5 Å². The van der Waals surface area contributed by atoms with Crippen molar-refractivity contribution in [2.75, 3.05) is 5.32 Å². The Morgan fingerprint density at radius 3 is 2.74 bits per heavy atom. The van der Waals surface area contributed by atoms with Crippen LogP contribution in [-0.4, -0.2) is 25.5 Å². The molecule has 0 aliphatic heterocycles. The summed E-state index contributed by atoms with van der Waals surface area (Å²) in [6.45, 7) is 0.606. The van der Waals surface area contributed by atoms with Crippen molar-refractivity contribution < 1.29 is 4.79 Å². The summed E-state index contributed by atoms with van der Waals surface area (Å²) in [6, 6.07) is 9.29. The summed E-state index contributed by atoms with van der Waals surface area (Å²) in [4.78, 5) is 11.9. The van der Waals surface area contributed by atoms with Gasteiger partial charge in [-0.1, -0.05) is 41.4 Å². The highest BCUT2D eigenvalue weighted by Crippen LogP contribution is 2.16. The number of carbonyl (C=O) groups is 1. The lowest BCUT2D eigenvalue weighted by molar-refractivity contribution is -0.116. The first-order valence-electron chi connectivity index (χ1n) is 6.85. The van der Waals surface area contributed by atoms with E-state index in [1.165, 1.54) is 10.9 Å². The van der Waals surface area contributed by atoms with Crippen LogP contribution in [0.4, 0.5) is 5.82 Å². The second-order valence-corrected chi connectivity index (χ2v) is 5.74. The Labute approximate surface area is 142 Å². The molecule has 0 unspecified atom stereocenters. The zero-order valence-electron chi connectivity index (χ0n) is 12.0. The average molecular weight is 350 g/mol. The van der Waals surface area contributed by atoms with Gasteiger partial charge in [-0.15, -0.1) is 0 Å². The minimum Gasteiger partial charge on any atom is -0.308 e. The fourth-order valence-corrected chi connectivity index (χ4v) is 2.42. The number of amides is 1. The van der Waals surface area contributed by atoms with Crippen LogP contribution in [0.15, 0.2) is 48.9 Å². The van der Waals surface area contributed by atoms with Crippen LogP contribution >= 0.6 is 23.2 Å². The molecule has 1 aromatic carbocycles. The molecule has 0 saturated heterocycles. The fraction of sp³-hybridized carbons (Fsp3) is 0.133. The number of carbonyl (C=O) groups excluding carboxylic acids is 1. The first kappa shape index (κ1) is 15.6. The smallest absolute Gasteiger partial charge is 0.247 e. The molecular weight excluding hydrogens is 337 g/mol. The average Bonchev–Trinajstić information content (AvgIpc) is 3.11. The van der Waals surface area contributed by atoms with Gasteiger partial charge in [-0.3, -0.25) is 14.2 Å². The summed E-state index contributed by atoms with van der Waals surface area (Å²) in [5, 5.41) is 12.1. The molecule has 0 aliphatic rings. The Morgan fingerprint density at radius 2 is 2.00 bits per heavy atom. The fourth-order valence-electron chi connectivity index (χ4n) is 2.07. The van der Waals surface area contributed by atoms with E-state index in [-0.39, 0.29) is 12.5 Å². The molecule has 1 amide bonds. The quantitative estimate of drug-likeness (QED) is 0.769. The van der Waals surface area contributed by atoms with E-state index in [4.69, 9.17) is 23.2 Å². The van der Waals surface area contributed by atoms with Crippen molar-refractivity contribution in [2.24, 2.45) is 0 Å². The molecular formula is C15H13Cl2N5O. The SMILES string of the molecule is O=C(Cn1cc(Cl)cn1)Nc1ccn(Cc2ccccc2Cl)n1. The number of hydrogen-bond acceptors (Lipinski definition) is 3. The summed E-state index contributed by atoms with van der Waals surface area (Å²) in [6.07, 6.45) is 4.84. The van der Waals surface area contributed by atoms with Gasteiger partial charge >= 0.3 is 0 Å². The number of rotatable bonds is 5. The van der Waals surface area contributed by atoms with E-state index < -0.39 is 0 Å². The first-order valence-corrected chi connectivity index (χ1v) is 7.60. The van der Waals surface area contributed by atoms with Crippen molar-refractivity contribution in [2.45, 2.75) is 13.1 Å². The van der Waals surface area contributed by atoms with Crippen molar-refractivity contribution in [3.05, 3.63) is 64.5 Å². The lowest BCUT2D eigenvalue weighted by Crippen LogP contribution is -2.19. The summed E-state index contributed by atoms with van der Waals surface area (Å²) < 4.78 is 3.17. The second kappa shape index (κ2) is 6.85. The van der Waals surface area contributed by atoms with Crippen LogP contribution < -0.4 is 5.32 Å². The largest absolute Gasteiger partial charge is 0.308 e. The van der Waals surface area contributed by atoms with E-state index >= 15 is 0 Å². The Bertz CT molecular complexity index is 827. The standard InChI is InChI=1S/C15H13Cl2N5O/c16-12-7-18-22(9-12)10-15(23)19-14-5-6-21(20-14)8-11-3-1-2-4-13(11)17/h1-7,9H,8,10H2,(H,19,20,23). The van der Waals surface area contributed by atoms with E-state index in [0.29, 0.717) is 22.4 Å². The topological polar surface area (TPSA) is 64.7 Å². The highest BCUT2D eigenvalue weighted by atomic mass is 35.5. The molecule has 0 spiro atoms. The maximum absolute atomic E-state index is 11.9. The maximum Gasteiger partial charge on any atom is 0.247 e. The van der Waals surface area contributed by atoms with E-state index in [0.717, 1.165) is 5.56 Å². The molecule has 0 aliphatic carbocycles. The van der Waals surface area contributed by atoms with Gasteiger partial charge in [0.15, 0.2) is 5.82 Å². The van der Waals surface area contributed by atoms with Crippen molar-refractivity contribution >= 4 is 34.9 Å². The van der Waals surface area contributed by atoms with Crippen LogP contribution in [0.2, 0.25) is 10.0 Å². The molecule has 0 radical (unpaired) electrons. The van der Waals surface area contributed by atoms with Gasteiger partial charge in [-0.2, -0.15) is 10.2 Å². The Kier molecular flexibility index (Phi) is 4.64. The molecule has 2 aromatic heterocycles. The summed E-state index contributed by atoms with van der Waals surface area (Å²) in [5.41, 5.74) is 0.960. The number of hydrogen-bond donors (Lipinski definition) is 1. The molecule has 0 atom stereocenters. The Hall–Kier alpha value is -2.31. The van der Waals surface area contributed by atoms with Crippen LogP contribution in [0.25, 0.3) is 0 Å². The van der Waals surface area contributed by atoms with Crippen LogP contribution in [-0.2, 0) is 17.9 Å². The van der Waals surface area contributed by atoms with Gasteiger partial charge in [0.05, 0.1) is 17.8 Å². The molecule has 2 heterocycles. The molecule has 3 aromatic rings. The third kappa shape index (κ3) is 4.12. The molecule has 0 bridgehead atoms. The summed E-state index contributed by atoms with van der Waals surface area (Å²) in [5.74, 6) is 0.244. The zero-order chi connectivity index (χ0) is 16.2. The lowest BCUT2D eigenvalue weighted by Gasteiger charge is -2.04. The minimum absolute atomic E-state index is 0.0735. The van der Waals surface area contributed by atoms with Gasteiger partial charge in [-0.05, 0) is 11.6 Å². The predicted octanol–water partition coefficient (Wildman–Crippen LogP) is 3.07. The van der Waals surface area contributed by atoms with E-state index in [9.17, 15) is 4.79 Å². The van der Waals surface area contributed by atoms with Crippen molar-refractivity contribution in [3.8, 4) is 0 Å². The van der Waals surface area contributed by atoms with Gasteiger partial charge in [0.1, 0.15) is 6.54 Å². The third-order valence-electron chi connectivity index (χ3n) is 3.11. The second-order valence-electron chi connectivity index (χ2n) is 4.89. The van der Waals surface area contributed by atoms with E-state index in [1.807, 2.05) is 24.3 Å². The third-order valence-corrected chi connectivity index (χ3v) is 3.67. The zero-order valence-corrected chi connectivity index (χ0v) is 13.5. The molecule has 0 saturated carbocycles. The van der Waals surface area contributed by atoms with Crippen molar-refractivity contribution in [1.29, 1.82) is 0 Å². The molecule has 8 heteroatoms. The van der Waals surface area contributed by atoms with Crippen LogP contribution in [0, 0.1) is 0 Å². The van der Waals surface area contributed by atoms with Crippen molar-refractivity contribution in [1.82, 2.24) is 19.6 Å². The lowest BCUT2D eigenvalue weighted by atomic mass is 10.2. The monoisotopic (exact) mass is 349 g/mol. The maximum atomic E-state index is 11.9. The molecule has 6 nitrogen and oxygen atoms in total. The summed E-state index contributed by atoms with van der Waals surface area (Å²) >= 11 is 11.9. The highest BCUT2D eigenvalue weighted by Gasteiger charge is 2.08. The number of halogens is 2. The van der Waals surface area contributed by atoms with Gasteiger partial charge < -0.3 is 5.32 Å². The van der Waals surface area contributed by atoms with Crippen LogP contribution in [0.1, 0.15) is 5.56 Å². The normalized spacial score (nSPS) is 10.7. The molecule has 118 valence electrons. The highest BCUT2D eigenvalue weighted by molar-refractivity contribution is 6.31. The predicted molar refractivity (Wildman–Crippen MR) is 88.6 cm³/mol. The van der Waals surface area contributed by atoms with Gasteiger partial charge in [0.2, 0.25) is 5.91 Å². The van der Waals surface area contributed by atoms with Gasteiger partial charge in [0.25, 0.3) is 0 Å². The number of aromatic nitrogens is 4. The van der Waals surface area contributed by atoms with Crippen molar-refractivity contribution in [3.63, 3.8) is 0 Å². The van der Waals surface area contributed by atoms with E-state index in [1.54, 1.807) is 23.1 Å².